The minimum Gasteiger partial charge on any atom is -0.352 e. The number of carbonyl (C=O) groups excluding carboxylic acids is 1. The Kier molecular flexibility index (Phi) is 5.03. The summed E-state index contributed by atoms with van der Waals surface area (Å²) in [5, 5.41) is 8.39. The molecule has 0 atom stereocenters. The molecule has 0 spiro atoms. The number of hydrogen-bond acceptors (Lipinski definition) is 5. The Labute approximate surface area is 161 Å². The van der Waals surface area contributed by atoms with Gasteiger partial charge < -0.3 is 5.32 Å². The summed E-state index contributed by atoms with van der Waals surface area (Å²) in [7, 11) is 0. The number of aromatic nitrogens is 3. The lowest BCUT2D eigenvalue weighted by atomic mass is 9.95. The zero-order valence-electron chi connectivity index (χ0n) is 15.3. The Morgan fingerprint density at radius 1 is 1.22 bits per heavy atom. The van der Waals surface area contributed by atoms with E-state index in [-0.39, 0.29) is 24.1 Å². The standard InChI is InChI=1S/C20H22N4O2S/c1-13-21-18-19(27-13)17(14-8-4-2-5-9-14)23-24(20(18)26)12-16(25)22-15-10-6-3-7-11-15/h2,4-5,8-9,15H,3,6-7,10-12H2,1H3,(H,22,25). The van der Waals surface area contributed by atoms with Gasteiger partial charge in [0, 0.05) is 11.6 Å². The molecule has 0 bridgehead atoms. The first-order chi connectivity index (χ1) is 13.1. The van der Waals surface area contributed by atoms with Crippen molar-refractivity contribution in [2.24, 2.45) is 0 Å². The maximum Gasteiger partial charge on any atom is 0.294 e. The van der Waals surface area contributed by atoms with Crippen LogP contribution in [0.1, 0.15) is 37.1 Å². The van der Waals surface area contributed by atoms with Crippen molar-refractivity contribution in [2.75, 3.05) is 0 Å². The average Bonchev–Trinajstić information content (AvgIpc) is 3.07. The van der Waals surface area contributed by atoms with Gasteiger partial charge in [-0.2, -0.15) is 5.10 Å². The fraction of sp³-hybridized carbons (Fsp3) is 0.400. The summed E-state index contributed by atoms with van der Waals surface area (Å²) in [5.41, 5.74) is 1.68. The maximum atomic E-state index is 12.8. The van der Waals surface area contributed by atoms with Crippen molar-refractivity contribution in [2.45, 2.75) is 51.6 Å². The van der Waals surface area contributed by atoms with Gasteiger partial charge in [-0.05, 0) is 19.8 Å². The molecular formula is C20H22N4O2S. The van der Waals surface area contributed by atoms with Gasteiger partial charge in [0.25, 0.3) is 5.56 Å². The quantitative estimate of drug-likeness (QED) is 0.751. The number of carbonyl (C=O) groups is 1. The fourth-order valence-electron chi connectivity index (χ4n) is 3.61. The van der Waals surface area contributed by atoms with Crippen molar-refractivity contribution in [3.8, 4) is 11.3 Å². The fourth-order valence-corrected chi connectivity index (χ4v) is 4.53. The van der Waals surface area contributed by atoms with Crippen LogP contribution in [-0.2, 0) is 11.3 Å². The first kappa shape index (κ1) is 17.9. The van der Waals surface area contributed by atoms with Gasteiger partial charge in [0.05, 0.1) is 9.71 Å². The highest BCUT2D eigenvalue weighted by molar-refractivity contribution is 7.19. The van der Waals surface area contributed by atoms with E-state index < -0.39 is 0 Å². The van der Waals surface area contributed by atoms with E-state index in [1.54, 1.807) is 0 Å². The van der Waals surface area contributed by atoms with Gasteiger partial charge in [-0.3, -0.25) is 9.59 Å². The van der Waals surface area contributed by atoms with E-state index in [1.165, 1.54) is 22.4 Å². The molecule has 2 aromatic heterocycles. The lowest BCUT2D eigenvalue weighted by molar-refractivity contribution is -0.122. The van der Waals surface area contributed by atoms with Crippen LogP contribution in [0.5, 0.6) is 0 Å². The van der Waals surface area contributed by atoms with Gasteiger partial charge in [0.1, 0.15) is 12.2 Å². The van der Waals surface area contributed by atoms with Crippen molar-refractivity contribution in [1.29, 1.82) is 0 Å². The first-order valence-corrected chi connectivity index (χ1v) is 10.2. The van der Waals surface area contributed by atoms with Gasteiger partial charge in [0.15, 0.2) is 5.52 Å². The molecule has 1 fully saturated rings. The Bertz CT molecular complexity index is 1020. The topological polar surface area (TPSA) is 76.9 Å². The smallest absolute Gasteiger partial charge is 0.294 e. The number of nitrogens with one attached hydrogen (secondary N) is 1. The molecule has 0 unspecified atom stereocenters. The van der Waals surface area contributed by atoms with Crippen LogP contribution in [-0.4, -0.2) is 26.7 Å². The zero-order valence-corrected chi connectivity index (χ0v) is 16.1. The molecule has 1 N–H and O–H groups in total. The average molecular weight is 382 g/mol. The lowest BCUT2D eigenvalue weighted by Gasteiger charge is -2.22. The zero-order chi connectivity index (χ0) is 18.8. The Hall–Kier alpha value is -2.54. The third-order valence-electron chi connectivity index (χ3n) is 4.92. The summed E-state index contributed by atoms with van der Waals surface area (Å²) in [4.78, 5) is 29.7. The summed E-state index contributed by atoms with van der Waals surface area (Å²) in [6, 6.07) is 9.92. The third-order valence-corrected chi connectivity index (χ3v) is 5.90. The summed E-state index contributed by atoms with van der Waals surface area (Å²) in [5.74, 6) is -0.165. The molecule has 1 aliphatic carbocycles. The predicted octanol–water partition coefficient (Wildman–Crippen LogP) is 3.28. The molecule has 1 saturated carbocycles. The highest BCUT2D eigenvalue weighted by atomic mass is 32.1. The van der Waals surface area contributed by atoms with E-state index in [0.717, 1.165) is 41.0 Å². The van der Waals surface area contributed by atoms with Crippen LogP contribution in [0.25, 0.3) is 21.5 Å². The van der Waals surface area contributed by atoms with Crippen LogP contribution in [0.2, 0.25) is 0 Å². The lowest BCUT2D eigenvalue weighted by Crippen LogP contribution is -2.40. The molecule has 140 valence electrons. The highest BCUT2D eigenvalue weighted by Crippen LogP contribution is 2.29. The molecule has 1 amide bonds. The van der Waals surface area contributed by atoms with Crippen molar-refractivity contribution in [3.63, 3.8) is 0 Å². The van der Waals surface area contributed by atoms with E-state index in [1.807, 2.05) is 37.3 Å². The molecule has 2 heterocycles. The van der Waals surface area contributed by atoms with Gasteiger partial charge in [-0.15, -0.1) is 11.3 Å². The second kappa shape index (κ2) is 7.60. The van der Waals surface area contributed by atoms with Crippen LogP contribution in [0.15, 0.2) is 35.1 Å². The van der Waals surface area contributed by atoms with Gasteiger partial charge in [-0.25, -0.2) is 9.67 Å². The third kappa shape index (κ3) is 3.78. The van der Waals surface area contributed by atoms with Crippen LogP contribution >= 0.6 is 11.3 Å². The maximum absolute atomic E-state index is 12.8. The Morgan fingerprint density at radius 3 is 2.70 bits per heavy atom. The summed E-state index contributed by atoms with van der Waals surface area (Å²) >= 11 is 1.46. The van der Waals surface area contributed by atoms with E-state index in [2.05, 4.69) is 15.4 Å². The second-order valence-corrected chi connectivity index (χ2v) is 8.19. The number of rotatable bonds is 4. The largest absolute Gasteiger partial charge is 0.352 e. The minimum atomic E-state index is -0.312. The van der Waals surface area contributed by atoms with Crippen molar-refractivity contribution in [3.05, 3.63) is 45.7 Å². The molecule has 6 nitrogen and oxygen atoms in total. The van der Waals surface area contributed by atoms with Crippen molar-refractivity contribution >= 4 is 27.5 Å². The van der Waals surface area contributed by atoms with E-state index in [4.69, 9.17) is 0 Å². The Balaban J connectivity index is 1.69. The molecule has 27 heavy (non-hydrogen) atoms. The molecule has 1 aromatic carbocycles. The monoisotopic (exact) mass is 382 g/mol. The summed E-state index contributed by atoms with van der Waals surface area (Å²) in [6.45, 7) is 1.79. The molecule has 0 aliphatic heterocycles. The number of aryl methyl sites for hydroxylation is 1. The van der Waals surface area contributed by atoms with E-state index >= 15 is 0 Å². The molecule has 0 saturated heterocycles. The Morgan fingerprint density at radius 2 is 1.96 bits per heavy atom. The van der Waals surface area contributed by atoms with Crippen LogP contribution in [0, 0.1) is 6.92 Å². The number of hydrogen-bond donors (Lipinski definition) is 1. The summed E-state index contributed by atoms with van der Waals surface area (Å²) < 4.78 is 2.02. The van der Waals surface area contributed by atoms with Gasteiger partial charge >= 0.3 is 0 Å². The van der Waals surface area contributed by atoms with Crippen molar-refractivity contribution < 1.29 is 4.79 Å². The van der Waals surface area contributed by atoms with E-state index in [9.17, 15) is 9.59 Å². The van der Waals surface area contributed by atoms with Gasteiger partial charge in [-0.1, -0.05) is 49.6 Å². The number of fused-ring (bicyclic) bond motifs is 1. The molecule has 0 radical (unpaired) electrons. The first-order valence-electron chi connectivity index (χ1n) is 9.35. The molecule has 7 heteroatoms. The van der Waals surface area contributed by atoms with E-state index in [0.29, 0.717) is 11.2 Å². The SMILES string of the molecule is Cc1nc2c(=O)n(CC(=O)NC3CCCCC3)nc(-c3ccccc3)c2s1. The number of amides is 1. The van der Waals surface area contributed by atoms with Crippen LogP contribution in [0.4, 0.5) is 0 Å². The summed E-state index contributed by atoms with van der Waals surface area (Å²) in [6.07, 6.45) is 5.53. The second-order valence-electron chi connectivity index (χ2n) is 6.99. The molecular weight excluding hydrogens is 360 g/mol. The van der Waals surface area contributed by atoms with Crippen LogP contribution < -0.4 is 10.9 Å². The van der Waals surface area contributed by atoms with Gasteiger partial charge in [0.2, 0.25) is 5.91 Å². The number of nitrogens with zero attached hydrogens (tertiary/aromatic N) is 3. The van der Waals surface area contributed by atoms with Crippen molar-refractivity contribution in [1.82, 2.24) is 20.1 Å². The molecule has 1 aliphatic rings. The predicted molar refractivity (Wildman–Crippen MR) is 107 cm³/mol. The normalized spacial score (nSPS) is 15.1. The van der Waals surface area contributed by atoms with Crippen LogP contribution in [0.3, 0.4) is 0 Å². The number of thiazole rings is 1. The number of benzene rings is 1. The molecule has 4 rings (SSSR count). The molecule has 3 aromatic rings. The highest BCUT2D eigenvalue weighted by Gasteiger charge is 2.20. The minimum absolute atomic E-state index is 0.0817.